The minimum atomic E-state index is -1.10. The summed E-state index contributed by atoms with van der Waals surface area (Å²) in [4.78, 5) is 11.7. The van der Waals surface area contributed by atoms with Crippen molar-refractivity contribution < 1.29 is 22.7 Å². The van der Waals surface area contributed by atoms with Gasteiger partial charge in [0, 0.05) is 17.8 Å². The highest BCUT2D eigenvalue weighted by molar-refractivity contribution is 5.93. The summed E-state index contributed by atoms with van der Waals surface area (Å²) in [5.41, 5.74) is -0.0427. The minimum absolute atomic E-state index is 0.370. The second-order valence-electron chi connectivity index (χ2n) is 4.37. The molecule has 1 amide bonds. The van der Waals surface area contributed by atoms with Crippen molar-refractivity contribution in [3.05, 3.63) is 53.8 Å². The highest BCUT2D eigenvalue weighted by Gasteiger charge is 2.12. The number of hydrogen-bond donors (Lipinski definition) is 2. The average molecular weight is 310 g/mol. The van der Waals surface area contributed by atoms with E-state index < -0.39 is 29.0 Å². The largest absolute Gasteiger partial charge is 0.497 e. The summed E-state index contributed by atoms with van der Waals surface area (Å²) in [6.07, 6.45) is 0. The molecule has 7 heteroatoms. The molecule has 0 heterocycles. The minimum Gasteiger partial charge on any atom is -0.497 e. The van der Waals surface area contributed by atoms with Gasteiger partial charge in [-0.15, -0.1) is 0 Å². The zero-order valence-corrected chi connectivity index (χ0v) is 11.6. The second kappa shape index (κ2) is 6.84. The van der Waals surface area contributed by atoms with Crippen LogP contribution in [0.3, 0.4) is 0 Å². The number of ether oxygens (including phenoxy) is 1. The van der Waals surface area contributed by atoms with E-state index in [2.05, 4.69) is 10.6 Å². The SMILES string of the molecule is COc1ccc(NC(=O)CNc2c(F)cc(F)cc2F)cc1. The first-order chi connectivity index (χ1) is 10.5. The molecule has 2 N–H and O–H groups in total. The Bertz CT molecular complexity index is 652. The van der Waals surface area contributed by atoms with E-state index >= 15 is 0 Å². The predicted octanol–water partition coefficient (Wildman–Crippen LogP) is 3.16. The van der Waals surface area contributed by atoms with Gasteiger partial charge < -0.3 is 15.4 Å². The molecule has 0 aliphatic heterocycles. The van der Waals surface area contributed by atoms with E-state index in [1.54, 1.807) is 24.3 Å². The first kappa shape index (κ1) is 15.7. The van der Waals surface area contributed by atoms with Crippen LogP contribution in [0.1, 0.15) is 0 Å². The van der Waals surface area contributed by atoms with Crippen molar-refractivity contribution in [2.24, 2.45) is 0 Å². The molecule has 0 saturated carbocycles. The van der Waals surface area contributed by atoms with Gasteiger partial charge in [0.05, 0.1) is 13.7 Å². The third-order valence-electron chi connectivity index (χ3n) is 2.81. The van der Waals surface area contributed by atoms with Crippen molar-refractivity contribution >= 4 is 17.3 Å². The van der Waals surface area contributed by atoms with Crippen LogP contribution in [0.2, 0.25) is 0 Å². The van der Waals surface area contributed by atoms with Gasteiger partial charge in [-0.3, -0.25) is 4.79 Å². The highest BCUT2D eigenvalue weighted by Crippen LogP contribution is 2.20. The normalized spacial score (nSPS) is 10.2. The van der Waals surface area contributed by atoms with Crippen LogP contribution in [0.15, 0.2) is 36.4 Å². The molecule has 22 heavy (non-hydrogen) atoms. The van der Waals surface area contributed by atoms with Gasteiger partial charge >= 0.3 is 0 Å². The summed E-state index contributed by atoms with van der Waals surface area (Å²) in [5.74, 6) is -3.10. The Morgan fingerprint density at radius 3 is 2.23 bits per heavy atom. The molecule has 2 aromatic carbocycles. The smallest absolute Gasteiger partial charge is 0.243 e. The van der Waals surface area contributed by atoms with Gasteiger partial charge in [0.25, 0.3) is 0 Å². The number of benzene rings is 2. The third-order valence-corrected chi connectivity index (χ3v) is 2.81. The molecule has 0 aliphatic rings. The molecule has 2 aromatic rings. The summed E-state index contributed by atoms with van der Waals surface area (Å²) in [6.45, 7) is -0.370. The topological polar surface area (TPSA) is 50.4 Å². The van der Waals surface area contributed by atoms with Crippen LogP contribution in [0.25, 0.3) is 0 Å². The third kappa shape index (κ3) is 3.91. The fraction of sp³-hybridized carbons (Fsp3) is 0.133. The summed E-state index contributed by atoms with van der Waals surface area (Å²) in [5, 5.41) is 4.84. The van der Waals surface area contributed by atoms with Crippen molar-refractivity contribution in [3.8, 4) is 5.75 Å². The first-order valence-electron chi connectivity index (χ1n) is 6.32. The van der Waals surface area contributed by atoms with E-state index in [-0.39, 0.29) is 6.54 Å². The number of hydrogen-bond acceptors (Lipinski definition) is 3. The molecule has 2 rings (SSSR count). The number of carbonyl (C=O) groups is 1. The average Bonchev–Trinajstić information content (AvgIpc) is 2.47. The van der Waals surface area contributed by atoms with Crippen molar-refractivity contribution in [2.45, 2.75) is 0 Å². The molecule has 0 saturated heterocycles. The number of amides is 1. The lowest BCUT2D eigenvalue weighted by atomic mass is 10.2. The van der Waals surface area contributed by atoms with E-state index in [0.717, 1.165) is 0 Å². The van der Waals surface area contributed by atoms with Crippen LogP contribution in [-0.4, -0.2) is 19.6 Å². The molecule has 0 bridgehead atoms. The highest BCUT2D eigenvalue weighted by atomic mass is 19.1. The van der Waals surface area contributed by atoms with Gasteiger partial charge in [-0.2, -0.15) is 0 Å². The molecule has 0 atom stereocenters. The van der Waals surface area contributed by atoms with Gasteiger partial charge in [0.2, 0.25) is 5.91 Å². The lowest BCUT2D eigenvalue weighted by Crippen LogP contribution is -2.22. The fourth-order valence-corrected chi connectivity index (χ4v) is 1.76. The van der Waals surface area contributed by atoms with Crippen LogP contribution in [0.5, 0.6) is 5.75 Å². The monoisotopic (exact) mass is 310 g/mol. The molecule has 0 spiro atoms. The van der Waals surface area contributed by atoms with Gasteiger partial charge in [0.1, 0.15) is 17.3 Å². The Kier molecular flexibility index (Phi) is 4.88. The van der Waals surface area contributed by atoms with Crippen LogP contribution in [0, 0.1) is 17.5 Å². The molecule has 0 aliphatic carbocycles. The standard InChI is InChI=1S/C15H13F3N2O2/c1-22-11-4-2-10(3-5-11)20-14(21)8-19-15-12(17)6-9(16)7-13(15)18/h2-7,19H,8H2,1H3,(H,20,21). The van der Waals surface area contributed by atoms with Crippen molar-refractivity contribution in [1.29, 1.82) is 0 Å². The number of halogens is 3. The summed E-state index contributed by atoms with van der Waals surface area (Å²) >= 11 is 0. The molecule has 0 fully saturated rings. The van der Waals surface area contributed by atoms with E-state index in [9.17, 15) is 18.0 Å². The molecule has 4 nitrogen and oxygen atoms in total. The van der Waals surface area contributed by atoms with Crippen molar-refractivity contribution in [1.82, 2.24) is 0 Å². The van der Waals surface area contributed by atoms with E-state index in [1.807, 2.05) is 0 Å². The molecular formula is C15H13F3N2O2. The number of methoxy groups -OCH3 is 1. The number of carbonyl (C=O) groups excluding carboxylic acids is 1. The van der Waals surface area contributed by atoms with Gasteiger partial charge in [-0.25, -0.2) is 13.2 Å². The van der Waals surface area contributed by atoms with E-state index in [0.29, 0.717) is 23.6 Å². The maximum absolute atomic E-state index is 13.4. The number of anilines is 2. The predicted molar refractivity (Wildman–Crippen MR) is 76.4 cm³/mol. The number of nitrogens with one attached hydrogen (secondary N) is 2. The van der Waals surface area contributed by atoms with Gasteiger partial charge in [0.15, 0.2) is 11.6 Å². The zero-order chi connectivity index (χ0) is 16.1. The van der Waals surface area contributed by atoms with Crippen molar-refractivity contribution in [2.75, 3.05) is 24.3 Å². The maximum atomic E-state index is 13.4. The van der Waals surface area contributed by atoms with Crippen molar-refractivity contribution in [3.63, 3.8) is 0 Å². The Labute approximate surface area is 124 Å². The Balaban J connectivity index is 1.95. The Morgan fingerprint density at radius 2 is 1.68 bits per heavy atom. The lowest BCUT2D eigenvalue weighted by molar-refractivity contribution is -0.114. The van der Waals surface area contributed by atoms with Crippen LogP contribution >= 0.6 is 0 Å². The van der Waals surface area contributed by atoms with Crippen LogP contribution in [-0.2, 0) is 4.79 Å². The molecule has 116 valence electrons. The summed E-state index contributed by atoms with van der Waals surface area (Å²) in [6, 6.07) is 7.62. The van der Waals surface area contributed by atoms with E-state index in [1.165, 1.54) is 7.11 Å². The van der Waals surface area contributed by atoms with Gasteiger partial charge in [-0.05, 0) is 24.3 Å². The Hall–Kier alpha value is -2.70. The summed E-state index contributed by atoms with van der Waals surface area (Å²) < 4.78 is 44.5. The number of rotatable bonds is 5. The quantitative estimate of drug-likeness (QED) is 0.892. The molecule has 0 unspecified atom stereocenters. The molecule has 0 aromatic heterocycles. The second-order valence-corrected chi connectivity index (χ2v) is 4.37. The lowest BCUT2D eigenvalue weighted by Gasteiger charge is -2.10. The van der Waals surface area contributed by atoms with E-state index in [4.69, 9.17) is 4.74 Å². The molecular weight excluding hydrogens is 297 g/mol. The Morgan fingerprint density at radius 1 is 1.09 bits per heavy atom. The van der Waals surface area contributed by atoms with Crippen LogP contribution < -0.4 is 15.4 Å². The fourth-order valence-electron chi connectivity index (χ4n) is 1.76. The first-order valence-corrected chi connectivity index (χ1v) is 6.32. The molecule has 0 radical (unpaired) electrons. The summed E-state index contributed by atoms with van der Waals surface area (Å²) in [7, 11) is 1.52. The van der Waals surface area contributed by atoms with Crippen LogP contribution in [0.4, 0.5) is 24.5 Å². The maximum Gasteiger partial charge on any atom is 0.243 e. The zero-order valence-electron chi connectivity index (χ0n) is 11.6. The van der Waals surface area contributed by atoms with Gasteiger partial charge in [-0.1, -0.05) is 0 Å².